The van der Waals surface area contributed by atoms with Crippen molar-refractivity contribution in [2.45, 2.75) is 96.6 Å². The number of H-pyrrole nitrogens is 1. The van der Waals surface area contributed by atoms with Gasteiger partial charge >= 0.3 is 0 Å². The van der Waals surface area contributed by atoms with Crippen LogP contribution in [0.2, 0.25) is 0 Å². The number of imidazole rings is 1. The molecule has 1 aliphatic carbocycles. The number of carbonyl (C=O) groups is 2. The fourth-order valence-electron chi connectivity index (χ4n) is 10.1. The third kappa shape index (κ3) is 7.72. The Morgan fingerprint density at radius 3 is 2.50 bits per heavy atom. The van der Waals surface area contributed by atoms with Crippen molar-refractivity contribution in [3.63, 3.8) is 0 Å². The summed E-state index contributed by atoms with van der Waals surface area (Å²) in [5.74, 6) is 2.01. The van der Waals surface area contributed by atoms with E-state index < -0.39 is 6.04 Å². The highest BCUT2D eigenvalue weighted by Gasteiger charge is 2.41. The van der Waals surface area contributed by atoms with E-state index in [0.29, 0.717) is 31.0 Å². The zero-order chi connectivity index (χ0) is 40.6. The number of para-hydroxylation sites is 2. The predicted molar refractivity (Wildman–Crippen MR) is 232 cm³/mol. The van der Waals surface area contributed by atoms with Gasteiger partial charge in [0, 0.05) is 59.4 Å². The number of ketones is 1. The quantitative estimate of drug-likeness (QED) is 0.0926. The van der Waals surface area contributed by atoms with Crippen molar-refractivity contribution in [3.05, 3.63) is 88.1 Å². The number of carbonyl (C=O) groups excluding carboxylic acids is 2. The molecule has 1 amide bonds. The van der Waals surface area contributed by atoms with Crippen molar-refractivity contribution in [2.75, 3.05) is 49.9 Å². The standard InChI is InChI=1S/C47H59N9O2/c1-4-33-27-35-36(47(2,3)44-42(43(35)57)34-13-12-32(29-48)26-39(34)52-44)28-41(33)55-23-16-31(17-24-55)25-30-14-21-54(22-15-30)19-8-18-51-45(58)37(49)9-7-20-56-40-11-6-5-10-38(40)53-46(56)50/h5-6,10-13,26-28,30-31,37,52H,4,7-9,14-25,49H2,1-3H3,(H2,50,53)(H,51,58)/t37-/m0/s1. The molecule has 11 nitrogen and oxygen atoms in total. The zero-order valence-corrected chi connectivity index (χ0v) is 34.4. The molecular weight excluding hydrogens is 723 g/mol. The number of aromatic nitrogens is 3. The number of amides is 1. The summed E-state index contributed by atoms with van der Waals surface area (Å²) in [6, 6.07) is 19.7. The van der Waals surface area contributed by atoms with Crippen molar-refractivity contribution in [3.8, 4) is 6.07 Å². The third-order valence-electron chi connectivity index (χ3n) is 13.5. The van der Waals surface area contributed by atoms with Crippen LogP contribution in [0.4, 0.5) is 11.6 Å². The first-order chi connectivity index (χ1) is 28.0. The number of piperidine rings is 2. The Hall–Kier alpha value is -5.18. The van der Waals surface area contributed by atoms with Gasteiger partial charge in [-0.3, -0.25) is 9.59 Å². The van der Waals surface area contributed by atoms with E-state index in [0.717, 1.165) is 108 Å². The number of fused-ring (bicyclic) bond motifs is 5. The van der Waals surface area contributed by atoms with Gasteiger partial charge in [0.15, 0.2) is 5.78 Å². The van der Waals surface area contributed by atoms with Gasteiger partial charge in [-0.05, 0) is 137 Å². The maximum atomic E-state index is 14.1. The van der Waals surface area contributed by atoms with E-state index in [2.05, 4.69) is 64.1 Å². The van der Waals surface area contributed by atoms with Crippen LogP contribution in [0.15, 0.2) is 54.6 Å². The van der Waals surface area contributed by atoms with E-state index in [1.165, 1.54) is 43.4 Å². The summed E-state index contributed by atoms with van der Waals surface area (Å²) in [7, 11) is 0. The van der Waals surface area contributed by atoms with Crippen molar-refractivity contribution in [2.24, 2.45) is 17.6 Å². The molecule has 2 saturated heterocycles. The first-order valence-electron chi connectivity index (χ1n) is 21.5. The number of nitriles is 1. The van der Waals surface area contributed by atoms with E-state index in [9.17, 15) is 14.9 Å². The summed E-state index contributed by atoms with van der Waals surface area (Å²) >= 11 is 0. The lowest BCUT2D eigenvalue weighted by Crippen LogP contribution is -2.42. The van der Waals surface area contributed by atoms with Crippen LogP contribution in [0.3, 0.4) is 0 Å². The molecule has 8 rings (SSSR count). The van der Waals surface area contributed by atoms with Crippen LogP contribution >= 0.6 is 0 Å². The van der Waals surface area contributed by atoms with Crippen LogP contribution in [0.25, 0.3) is 21.9 Å². The highest BCUT2D eigenvalue weighted by molar-refractivity contribution is 6.20. The Bertz CT molecular complexity index is 2350. The highest BCUT2D eigenvalue weighted by Crippen LogP contribution is 2.46. The fourth-order valence-corrected chi connectivity index (χ4v) is 10.1. The molecule has 2 aliphatic heterocycles. The van der Waals surface area contributed by atoms with Crippen molar-refractivity contribution < 1.29 is 9.59 Å². The smallest absolute Gasteiger partial charge is 0.236 e. The van der Waals surface area contributed by atoms with Crippen molar-refractivity contribution >= 4 is 45.3 Å². The number of likely N-dealkylation sites (tertiary alicyclic amines) is 1. The monoisotopic (exact) mass is 781 g/mol. The van der Waals surface area contributed by atoms with E-state index in [1.807, 2.05) is 41.0 Å². The molecule has 5 aromatic rings. The van der Waals surface area contributed by atoms with Crippen molar-refractivity contribution in [1.82, 2.24) is 24.8 Å². The van der Waals surface area contributed by atoms with E-state index in [-0.39, 0.29) is 17.1 Å². The molecule has 2 aromatic heterocycles. The molecule has 4 heterocycles. The minimum atomic E-state index is -0.529. The second-order valence-corrected chi connectivity index (χ2v) is 17.5. The normalized spacial score (nSPS) is 18.0. The molecule has 0 unspecified atom stereocenters. The van der Waals surface area contributed by atoms with Crippen LogP contribution in [0, 0.1) is 23.2 Å². The molecule has 6 N–H and O–H groups in total. The van der Waals surface area contributed by atoms with Crippen LogP contribution in [-0.4, -0.2) is 76.4 Å². The number of hydrogen-bond donors (Lipinski definition) is 4. The second kappa shape index (κ2) is 16.6. The molecular formula is C47H59N9O2. The Labute approximate surface area is 342 Å². The van der Waals surface area contributed by atoms with Gasteiger partial charge in [0.1, 0.15) is 0 Å². The van der Waals surface area contributed by atoms with Gasteiger partial charge in [-0.15, -0.1) is 0 Å². The molecule has 0 bridgehead atoms. The number of hydrogen-bond acceptors (Lipinski definition) is 8. The molecule has 1 atom stereocenters. The van der Waals surface area contributed by atoms with Crippen LogP contribution in [0.5, 0.6) is 0 Å². The first kappa shape index (κ1) is 39.6. The number of aromatic amines is 1. The third-order valence-corrected chi connectivity index (χ3v) is 13.5. The van der Waals surface area contributed by atoms with E-state index in [4.69, 9.17) is 11.5 Å². The average Bonchev–Trinajstić information content (AvgIpc) is 3.79. The maximum Gasteiger partial charge on any atom is 0.236 e. The van der Waals surface area contributed by atoms with Gasteiger partial charge in [0.2, 0.25) is 11.9 Å². The van der Waals surface area contributed by atoms with E-state index >= 15 is 0 Å². The molecule has 58 heavy (non-hydrogen) atoms. The first-order valence-corrected chi connectivity index (χ1v) is 21.5. The predicted octanol–water partition coefficient (Wildman–Crippen LogP) is 7.04. The Morgan fingerprint density at radius 1 is 1.02 bits per heavy atom. The van der Waals surface area contributed by atoms with Gasteiger partial charge in [0.25, 0.3) is 0 Å². The van der Waals surface area contributed by atoms with Crippen LogP contribution in [-0.2, 0) is 23.2 Å². The number of benzene rings is 3. The highest BCUT2D eigenvalue weighted by atomic mass is 16.2. The lowest BCUT2D eigenvalue weighted by molar-refractivity contribution is -0.122. The van der Waals surface area contributed by atoms with Gasteiger partial charge in [-0.1, -0.05) is 39.0 Å². The topological polar surface area (TPSA) is 162 Å². The molecule has 11 heteroatoms. The Morgan fingerprint density at radius 2 is 1.76 bits per heavy atom. The summed E-state index contributed by atoms with van der Waals surface area (Å²) in [5.41, 5.74) is 21.4. The molecule has 0 spiro atoms. The Balaban J connectivity index is 0.770. The fraction of sp³-hybridized carbons (Fsp3) is 0.489. The van der Waals surface area contributed by atoms with Gasteiger partial charge in [-0.2, -0.15) is 5.26 Å². The number of anilines is 2. The number of rotatable bonds is 13. The molecule has 3 aliphatic rings. The molecule has 0 saturated carbocycles. The SMILES string of the molecule is CCc1cc2c(cc1N1CCC(CC3CCN(CCCNC(=O)[C@@H](N)CCCn4c(N)nc5ccccc54)CC3)CC1)C(C)(C)c1[nH]c3cc(C#N)ccc3c1C2=O. The minimum absolute atomic E-state index is 0.0766. The van der Waals surface area contributed by atoms with Crippen LogP contribution in [0.1, 0.15) is 110 Å². The molecule has 0 radical (unpaired) electrons. The Kier molecular flexibility index (Phi) is 11.3. The number of nitrogens with two attached hydrogens (primary N) is 2. The molecule has 3 aromatic carbocycles. The summed E-state index contributed by atoms with van der Waals surface area (Å²) in [5, 5.41) is 13.4. The number of nitrogens with zero attached hydrogens (tertiary/aromatic N) is 5. The van der Waals surface area contributed by atoms with Crippen LogP contribution < -0.4 is 21.7 Å². The van der Waals surface area contributed by atoms with Gasteiger partial charge in [0.05, 0.1) is 34.3 Å². The second-order valence-electron chi connectivity index (χ2n) is 17.5. The number of nitrogens with one attached hydrogen (secondary N) is 2. The van der Waals surface area contributed by atoms with Crippen molar-refractivity contribution in [1.29, 1.82) is 5.26 Å². The number of nitrogen functional groups attached to an aromatic ring is 1. The maximum absolute atomic E-state index is 14.1. The average molecular weight is 782 g/mol. The molecule has 2 fully saturated rings. The lowest BCUT2D eigenvalue weighted by atomic mass is 9.70. The largest absolute Gasteiger partial charge is 0.371 e. The number of aryl methyl sites for hydroxylation is 2. The summed E-state index contributed by atoms with van der Waals surface area (Å²) in [6.07, 6.45) is 9.36. The van der Waals surface area contributed by atoms with E-state index in [1.54, 1.807) is 6.07 Å². The minimum Gasteiger partial charge on any atom is -0.371 e. The van der Waals surface area contributed by atoms with Gasteiger partial charge in [-0.25, -0.2) is 4.98 Å². The lowest BCUT2D eigenvalue weighted by Gasteiger charge is -2.39. The summed E-state index contributed by atoms with van der Waals surface area (Å²) in [4.78, 5) is 39.9. The summed E-state index contributed by atoms with van der Waals surface area (Å²) in [6.45, 7) is 13.3. The molecule has 304 valence electrons. The summed E-state index contributed by atoms with van der Waals surface area (Å²) < 4.78 is 1.99. The van der Waals surface area contributed by atoms with Gasteiger partial charge < -0.3 is 36.1 Å². The zero-order valence-electron chi connectivity index (χ0n) is 34.4.